The molecule has 1 aliphatic rings. The topological polar surface area (TPSA) is 118 Å². The number of carboxylic acids is 1. The Bertz CT molecular complexity index is 1380. The molecular weight excluding hydrogens is 508 g/mol. The summed E-state index contributed by atoms with van der Waals surface area (Å²) >= 11 is 11.1. The van der Waals surface area contributed by atoms with Gasteiger partial charge in [0.15, 0.2) is 16.6 Å². The summed E-state index contributed by atoms with van der Waals surface area (Å²) in [5.41, 5.74) is 0.855. The van der Waals surface area contributed by atoms with Gasteiger partial charge in [-0.1, -0.05) is 17.7 Å². The molecule has 2 amide bonds. The molecule has 1 aliphatic heterocycles. The monoisotopic (exact) mass is 526 g/mol. The molecule has 9 nitrogen and oxygen atoms in total. The van der Waals surface area contributed by atoms with Gasteiger partial charge in [-0.2, -0.15) is 0 Å². The molecule has 2 aromatic carbocycles. The number of rotatable bonds is 8. The van der Waals surface area contributed by atoms with Crippen LogP contribution >= 0.6 is 23.8 Å². The second kappa shape index (κ2) is 10.6. The predicted molar refractivity (Wildman–Crippen MR) is 135 cm³/mol. The molecule has 0 spiro atoms. The molecule has 11 heteroatoms. The van der Waals surface area contributed by atoms with E-state index in [9.17, 15) is 14.4 Å². The third-order valence-corrected chi connectivity index (χ3v) is 5.54. The van der Waals surface area contributed by atoms with Crippen molar-refractivity contribution in [3.63, 3.8) is 0 Å². The molecule has 4 rings (SSSR count). The molecule has 1 saturated heterocycles. The number of benzene rings is 2. The highest BCUT2D eigenvalue weighted by molar-refractivity contribution is 7.80. The van der Waals surface area contributed by atoms with E-state index >= 15 is 0 Å². The zero-order chi connectivity index (χ0) is 25.8. The van der Waals surface area contributed by atoms with Crippen LogP contribution in [0, 0.1) is 0 Å². The molecule has 0 saturated carbocycles. The summed E-state index contributed by atoms with van der Waals surface area (Å²) in [4.78, 5) is 38.0. The molecule has 2 N–H and O–H groups in total. The van der Waals surface area contributed by atoms with Crippen LogP contribution in [0.15, 0.2) is 64.6 Å². The van der Waals surface area contributed by atoms with Gasteiger partial charge in [-0.25, -0.2) is 4.79 Å². The summed E-state index contributed by atoms with van der Waals surface area (Å²) in [7, 11) is 0. The number of anilines is 1. The van der Waals surface area contributed by atoms with Gasteiger partial charge in [-0.05, 0) is 79.3 Å². The van der Waals surface area contributed by atoms with Crippen molar-refractivity contribution in [3.05, 3.63) is 82.3 Å². The van der Waals surface area contributed by atoms with Crippen LogP contribution in [-0.2, 0) is 16.2 Å². The number of hydrogen-bond donors (Lipinski definition) is 2. The number of nitrogens with zero attached hydrogens (tertiary/aromatic N) is 1. The lowest BCUT2D eigenvalue weighted by Crippen LogP contribution is -2.54. The Kier molecular flexibility index (Phi) is 7.37. The summed E-state index contributed by atoms with van der Waals surface area (Å²) in [5.74, 6) is -1.52. The van der Waals surface area contributed by atoms with Crippen LogP contribution in [-0.4, -0.2) is 34.6 Å². The first kappa shape index (κ1) is 25.0. The quantitative estimate of drug-likeness (QED) is 0.251. The largest absolute Gasteiger partial charge is 0.490 e. The SMILES string of the molecule is CCOc1cc(C=C2C(=O)NC(=S)N(c3ccc(Cl)cc3)C2=O)ccc1OCc1ccc(C(=O)O)o1. The Morgan fingerprint density at radius 1 is 1.11 bits per heavy atom. The van der Waals surface area contributed by atoms with Crippen molar-refractivity contribution in [2.24, 2.45) is 0 Å². The van der Waals surface area contributed by atoms with Crippen LogP contribution in [0.3, 0.4) is 0 Å². The maximum atomic E-state index is 13.2. The number of amides is 2. The highest BCUT2D eigenvalue weighted by Gasteiger charge is 2.34. The van der Waals surface area contributed by atoms with Crippen LogP contribution < -0.4 is 19.7 Å². The van der Waals surface area contributed by atoms with E-state index in [4.69, 9.17) is 42.8 Å². The molecule has 184 valence electrons. The Labute approximate surface area is 215 Å². The molecule has 1 fully saturated rings. The number of furan rings is 1. The first-order valence-corrected chi connectivity index (χ1v) is 11.4. The third-order valence-electron chi connectivity index (χ3n) is 5.01. The summed E-state index contributed by atoms with van der Waals surface area (Å²) in [6, 6.07) is 14.2. The van der Waals surface area contributed by atoms with Crippen molar-refractivity contribution in [1.29, 1.82) is 0 Å². The molecule has 2 heterocycles. The van der Waals surface area contributed by atoms with Crippen LogP contribution in [0.25, 0.3) is 6.08 Å². The first-order valence-electron chi connectivity index (χ1n) is 10.7. The minimum atomic E-state index is -1.18. The molecule has 0 atom stereocenters. The summed E-state index contributed by atoms with van der Waals surface area (Å²) < 4.78 is 16.6. The van der Waals surface area contributed by atoms with Crippen molar-refractivity contribution < 1.29 is 33.4 Å². The van der Waals surface area contributed by atoms with Gasteiger partial charge in [0.25, 0.3) is 11.8 Å². The van der Waals surface area contributed by atoms with Gasteiger partial charge in [-0.15, -0.1) is 0 Å². The number of carbonyl (C=O) groups excluding carboxylic acids is 2. The fourth-order valence-corrected chi connectivity index (χ4v) is 3.78. The zero-order valence-corrected chi connectivity index (χ0v) is 20.4. The maximum Gasteiger partial charge on any atom is 0.371 e. The Morgan fingerprint density at radius 3 is 2.53 bits per heavy atom. The molecule has 0 unspecified atom stereocenters. The van der Waals surface area contributed by atoms with Crippen molar-refractivity contribution in [2.75, 3.05) is 11.5 Å². The number of carbonyl (C=O) groups is 3. The number of aromatic carboxylic acids is 1. The fraction of sp³-hybridized carbons (Fsp3) is 0.120. The average Bonchev–Trinajstić information content (AvgIpc) is 3.32. The molecule has 1 aromatic heterocycles. The van der Waals surface area contributed by atoms with E-state index in [1.165, 1.54) is 23.1 Å². The Balaban J connectivity index is 1.59. The van der Waals surface area contributed by atoms with Gasteiger partial charge < -0.3 is 19.0 Å². The fourth-order valence-electron chi connectivity index (χ4n) is 3.37. The van der Waals surface area contributed by atoms with Gasteiger partial charge in [-0.3, -0.25) is 19.8 Å². The number of ether oxygens (including phenoxy) is 2. The number of thiocarbonyl (C=S) groups is 1. The van der Waals surface area contributed by atoms with E-state index < -0.39 is 17.8 Å². The molecule has 3 aromatic rings. The summed E-state index contributed by atoms with van der Waals surface area (Å²) in [6.45, 7) is 2.10. The van der Waals surface area contributed by atoms with Gasteiger partial charge in [0.1, 0.15) is 17.9 Å². The third kappa shape index (κ3) is 5.40. The molecule has 0 bridgehead atoms. The van der Waals surface area contributed by atoms with Crippen LogP contribution in [0.2, 0.25) is 5.02 Å². The standard InChI is InChI=1S/C25H19ClN2O7S/c1-2-33-21-12-14(3-9-19(21)34-13-17-8-10-20(35-17)24(31)32)11-18-22(29)27-25(36)28(23(18)30)16-6-4-15(26)5-7-16/h3-12H,2,13H2,1H3,(H,31,32)(H,27,29,36). The Morgan fingerprint density at radius 2 is 1.86 bits per heavy atom. The van der Waals surface area contributed by atoms with Crippen LogP contribution in [0.4, 0.5) is 5.69 Å². The predicted octanol–water partition coefficient (Wildman–Crippen LogP) is 4.44. The van der Waals surface area contributed by atoms with Crippen molar-refractivity contribution in [2.45, 2.75) is 13.5 Å². The van der Waals surface area contributed by atoms with Gasteiger partial charge in [0.2, 0.25) is 5.76 Å². The highest BCUT2D eigenvalue weighted by Crippen LogP contribution is 2.31. The summed E-state index contributed by atoms with van der Waals surface area (Å²) in [5, 5.41) is 12.0. The second-order valence-corrected chi connectivity index (χ2v) is 8.26. The normalized spacial score (nSPS) is 14.7. The van der Waals surface area contributed by atoms with Crippen molar-refractivity contribution in [3.8, 4) is 11.5 Å². The molecular formula is C25H19ClN2O7S. The average molecular weight is 527 g/mol. The smallest absolute Gasteiger partial charge is 0.371 e. The highest BCUT2D eigenvalue weighted by atomic mass is 35.5. The lowest BCUT2D eigenvalue weighted by Gasteiger charge is -2.29. The summed E-state index contributed by atoms with van der Waals surface area (Å²) in [6.07, 6.45) is 1.43. The zero-order valence-electron chi connectivity index (χ0n) is 18.8. The van der Waals surface area contributed by atoms with Crippen molar-refractivity contribution >= 4 is 58.5 Å². The van der Waals surface area contributed by atoms with E-state index in [0.29, 0.717) is 40.1 Å². The number of hydrogen-bond acceptors (Lipinski definition) is 7. The molecule has 36 heavy (non-hydrogen) atoms. The Hall–Kier alpha value is -4.15. The number of carboxylic acid groups (broad SMARTS) is 1. The second-order valence-electron chi connectivity index (χ2n) is 7.43. The van der Waals surface area contributed by atoms with Crippen LogP contribution in [0.5, 0.6) is 11.5 Å². The lowest BCUT2D eigenvalue weighted by molar-refractivity contribution is -0.122. The van der Waals surface area contributed by atoms with Gasteiger partial charge >= 0.3 is 5.97 Å². The maximum absolute atomic E-state index is 13.2. The van der Waals surface area contributed by atoms with Crippen molar-refractivity contribution in [1.82, 2.24) is 5.32 Å². The molecule has 0 aliphatic carbocycles. The van der Waals surface area contributed by atoms with Gasteiger partial charge in [0, 0.05) is 5.02 Å². The minimum Gasteiger partial charge on any atom is -0.490 e. The first-order chi connectivity index (χ1) is 17.3. The van der Waals surface area contributed by atoms with E-state index in [2.05, 4.69) is 5.32 Å². The van der Waals surface area contributed by atoms with Gasteiger partial charge in [0.05, 0.1) is 12.3 Å². The number of nitrogens with one attached hydrogen (secondary N) is 1. The van der Waals surface area contributed by atoms with E-state index in [1.54, 1.807) is 49.4 Å². The van der Waals surface area contributed by atoms with E-state index in [0.717, 1.165) is 0 Å². The molecule has 0 radical (unpaired) electrons. The van der Waals surface area contributed by atoms with E-state index in [1.807, 2.05) is 0 Å². The lowest BCUT2D eigenvalue weighted by atomic mass is 10.1. The van der Waals surface area contributed by atoms with E-state index in [-0.39, 0.29) is 23.1 Å². The van der Waals surface area contributed by atoms with Crippen LogP contribution in [0.1, 0.15) is 28.8 Å². The number of halogens is 1. The minimum absolute atomic E-state index is 0.0256.